The van der Waals surface area contributed by atoms with Gasteiger partial charge in [-0.2, -0.15) is 0 Å². The van der Waals surface area contributed by atoms with Crippen LogP contribution in [0.25, 0.3) is 0 Å². The van der Waals surface area contributed by atoms with E-state index in [9.17, 15) is 5.11 Å². The van der Waals surface area contributed by atoms with Crippen molar-refractivity contribution in [1.82, 2.24) is 9.55 Å². The van der Waals surface area contributed by atoms with Crippen molar-refractivity contribution >= 4 is 11.6 Å². The van der Waals surface area contributed by atoms with E-state index in [1.165, 1.54) is 0 Å². The van der Waals surface area contributed by atoms with Gasteiger partial charge in [-0.1, -0.05) is 23.7 Å². The number of imidazole rings is 1. The van der Waals surface area contributed by atoms with Gasteiger partial charge in [-0.3, -0.25) is 0 Å². The summed E-state index contributed by atoms with van der Waals surface area (Å²) in [7, 11) is 0. The molecular formula is C11H11ClN2O. The molecule has 1 heterocycles. The van der Waals surface area contributed by atoms with Crippen molar-refractivity contribution < 1.29 is 5.11 Å². The summed E-state index contributed by atoms with van der Waals surface area (Å²) in [6.45, 7) is 0.502. The summed E-state index contributed by atoms with van der Waals surface area (Å²) in [5.41, 5.74) is 0.855. The Kier molecular flexibility index (Phi) is 3.04. The fourth-order valence-electron chi connectivity index (χ4n) is 1.38. The molecule has 1 aromatic carbocycles. The molecule has 0 unspecified atom stereocenters. The summed E-state index contributed by atoms with van der Waals surface area (Å²) in [6.07, 6.45) is 4.66. The van der Waals surface area contributed by atoms with Crippen molar-refractivity contribution in [3.05, 3.63) is 53.6 Å². The molecule has 0 spiro atoms. The predicted octanol–water partition coefficient (Wildman–Crippen LogP) is 2.27. The van der Waals surface area contributed by atoms with Gasteiger partial charge in [0.15, 0.2) is 0 Å². The van der Waals surface area contributed by atoms with Gasteiger partial charge in [0.25, 0.3) is 0 Å². The molecule has 3 nitrogen and oxygen atoms in total. The highest BCUT2D eigenvalue weighted by molar-refractivity contribution is 6.30. The number of rotatable bonds is 3. The van der Waals surface area contributed by atoms with Crippen molar-refractivity contribution in [3.63, 3.8) is 0 Å². The monoisotopic (exact) mass is 222 g/mol. The molecule has 0 aliphatic carbocycles. The van der Waals surface area contributed by atoms with Crippen molar-refractivity contribution in [1.29, 1.82) is 0 Å². The molecule has 15 heavy (non-hydrogen) atoms. The number of halogens is 1. The summed E-state index contributed by atoms with van der Waals surface area (Å²) in [5, 5.41) is 10.6. The number of hydrogen-bond acceptors (Lipinski definition) is 2. The summed E-state index contributed by atoms with van der Waals surface area (Å²) in [6, 6.07) is 7.19. The van der Waals surface area contributed by atoms with Crippen LogP contribution in [0.4, 0.5) is 0 Å². The molecule has 1 N–H and O–H groups in total. The van der Waals surface area contributed by atoms with E-state index in [2.05, 4.69) is 4.98 Å². The Labute approximate surface area is 93.0 Å². The third-order valence-electron chi connectivity index (χ3n) is 2.20. The molecule has 0 bridgehead atoms. The zero-order valence-electron chi connectivity index (χ0n) is 8.05. The quantitative estimate of drug-likeness (QED) is 0.865. The lowest BCUT2D eigenvalue weighted by atomic mass is 10.1. The Balaban J connectivity index is 2.08. The van der Waals surface area contributed by atoms with E-state index in [4.69, 9.17) is 11.6 Å². The fourth-order valence-corrected chi connectivity index (χ4v) is 1.51. The first kappa shape index (κ1) is 10.2. The van der Waals surface area contributed by atoms with Crippen LogP contribution in [0.15, 0.2) is 43.0 Å². The molecule has 0 radical (unpaired) electrons. The van der Waals surface area contributed by atoms with Crippen LogP contribution in [0.1, 0.15) is 11.7 Å². The van der Waals surface area contributed by atoms with Gasteiger partial charge in [-0.05, 0) is 17.7 Å². The number of aromatic nitrogens is 2. The molecule has 0 aliphatic rings. The van der Waals surface area contributed by atoms with Crippen LogP contribution in [-0.2, 0) is 6.54 Å². The number of aliphatic hydroxyl groups is 1. The third kappa shape index (κ3) is 2.58. The van der Waals surface area contributed by atoms with Crippen LogP contribution in [0, 0.1) is 0 Å². The number of aliphatic hydroxyl groups excluding tert-OH is 1. The summed E-state index contributed by atoms with van der Waals surface area (Å²) >= 11 is 5.76. The molecule has 78 valence electrons. The van der Waals surface area contributed by atoms with Gasteiger partial charge in [-0.25, -0.2) is 4.98 Å². The first-order chi connectivity index (χ1) is 7.25. The third-order valence-corrected chi connectivity index (χ3v) is 2.45. The van der Waals surface area contributed by atoms with E-state index in [1.54, 1.807) is 24.7 Å². The maximum absolute atomic E-state index is 9.89. The SMILES string of the molecule is O[C@@H](Cn1ccnc1)c1ccc(Cl)cc1. The number of benzene rings is 1. The van der Waals surface area contributed by atoms with Gasteiger partial charge in [-0.15, -0.1) is 0 Å². The average molecular weight is 223 g/mol. The molecule has 0 amide bonds. The van der Waals surface area contributed by atoms with Crippen LogP contribution in [0.2, 0.25) is 5.02 Å². The minimum atomic E-state index is -0.531. The van der Waals surface area contributed by atoms with Gasteiger partial charge in [0.2, 0.25) is 0 Å². The van der Waals surface area contributed by atoms with E-state index in [-0.39, 0.29) is 0 Å². The van der Waals surface area contributed by atoms with Crippen LogP contribution < -0.4 is 0 Å². The Morgan fingerprint density at radius 2 is 2.07 bits per heavy atom. The molecule has 0 aliphatic heterocycles. The molecule has 4 heteroatoms. The minimum absolute atomic E-state index is 0.502. The van der Waals surface area contributed by atoms with E-state index in [0.717, 1.165) is 5.56 Å². The number of hydrogen-bond donors (Lipinski definition) is 1. The molecule has 2 rings (SSSR count). The van der Waals surface area contributed by atoms with Crippen molar-refractivity contribution in [2.24, 2.45) is 0 Å². The summed E-state index contributed by atoms with van der Waals surface area (Å²) < 4.78 is 1.83. The maximum atomic E-state index is 9.89. The second-order valence-electron chi connectivity index (χ2n) is 3.33. The average Bonchev–Trinajstić information content (AvgIpc) is 2.71. The first-order valence-corrected chi connectivity index (χ1v) is 5.03. The Hall–Kier alpha value is -1.32. The Morgan fingerprint density at radius 3 is 2.67 bits per heavy atom. The van der Waals surface area contributed by atoms with Gasteiger partial charge < -0.3 is 9.67 Å². The first-order valence-electron chi connectivity index (χ1n) is 4.65. The van der Waals surface area contributed by atoms with Gasteiger partial charge in [0.05, 0.1) is 19.0 Å². The van der Waals surface area contributed by atoms with Gasteiger partial charge in [0, 0.05) is 17.4 Å². The zero-order chi connectivity index (χ0) is 10.7. The topological polar surface area (TPSA) is 38.0 Å². The predicted molar refractivity (Wildman–Crippen MR) is 58.6 cm³/mol. The van der Waals surface area contributed by atoms with Crippen LogP contribution in [0.3, 0.4) is 0 Å². The lowest BCUT2D eigenvalue weighted by molar-refractivity contribution is 0.156. The molecule has 0 saturated carbocycles. The van der Waals surface area contributed by atoms with E-state index >= 15 is 0 Å². The summed E-state index contributed by atoms with van der Waals surface area (Å²) in [5.74, 6) is 0. The van der Waals surface area contributed by atoms with Gasteiger partial charge >= 0.3 is 0 Å². The van der Waals surface area contributed by atoms with E-state index < -0.39 is 6.10 Å². The van der Waals surface area contributed by atoms with Crippen LogP contribution in [-0.4, -0.2) is 14.7 Å². The van der Waals surface area contributed by atoms with Crippen LogP contribution in [0.5, 0.6) is 0 Å². The molecule has 0 saturated heterocycles. The zero-order valence-corrected chi connectivity index (χ0v) is 8.80. The fraction of sp³-hybridized carbons (Fsp3) is 0.182. The lowest BCUT2D eigenvalue weighted by Crippen LogP contribution is -2.06. The molecule has 0 fully saturated rings. The molecule has 2 aromatic rings. The minimum Gasteiger partial charge on any atom is -0.387 e. The largest absolute Gasteiger partial charge is 0.387 e. The Bertz CT molecular complexity index is 411. The van der Waals surface area contributed by atoms with Crippen molar-refractivity contribution in [2.45, 2.75) is 12.6 Å². The lowest BCUT2D eigenvalue weighted by Gasteiger charge is -2.11. The smallest absolute Gasteiger partial charge is 0.0969 e. The van der Waals surface area contributed by atoms with E-state index in [0.29, 0.717) is 11.6 Å². The molecule has 1 atom stereocenters. The number of nitrogens with zero attached hydrogens (tertiary/aromatic N) is 2. The second-order valence-corrected chi connectivity index (χ2v) is 3.76. The molecular weight excluding hydrogens is 212 g/mol. The second kappa shape index (κ2) is 4.47. The maximum Gasteiger partial charge on any atom is 0.0969 e. The van der Waals surface area contributed by atoms with Gasteiger partial charge in [0.1, 0.15) is 0 Å². The van der Waals surface area contributed by atoms with Crippen molar-refractivity contribution in [2.75, 3.05) is 0 Å². The Morgan fingerprint density at radius 1 is 1.33 bits per heavy atom. The van der Waals surface area contributed by atoms with E-state index in [1.807, 2.05) is 22.9 Å². The highest BCUT2D eigenvalue weighted by Gasteiger charge is 2.07. The molecule has 1 aromatic heterocycles. The van der Waals surface area contributed by atoms with Crippen molar-refractivity contribution in [3.8, 4) is 0 Å². The standard InChI is InChI=1S/C11H11ClN2O/c12-10-3-1-9(2-4-10)11(15)7-14-6-5-13-8-14/h1-6,8,11,15H,7H2/t11-/m0/s1. The normalized spacial score (nSPS) is 12.7. The highest BCUT2D eigenvalue weighted by Crippen LogP contribution is 2.17. The summed E-state index contributed by atoms with van der Waals surface area (Å²) in [4.78, 5) is 3.91. The highest BCUT2D eigenvalue weighted by atomic mass is 35.5. The van der Waals surface area contributed by atoms with Crippen LogP contribution >= 0.6 is 11.6 Å².